The van der Waals surface area contributed by atoms with Crippen molar-refractivity contribution in [3.8, 4) is 22.3 Å². The Morgan fingerprint density at radius 1 is 0.152 bits per heavy atom. The predicted octanol–water partition coefficient (Wildman–Crippen LogP) is 18.0. The second kappa shape index (κ2) is 21.7. The zero-order valence-corrected chi connectivity index (χ0v) is 36.9. The lowest BCUT2D eigenvalue weighted by Gasteiger charge is -2.18. The van der Waals surface area contributed by atoms with Crippen molar-refractivity contribution in [2.75, 3.05) is 0 Å². The van der Waals surface area contributed by atoms with Gasteiger partial charge in [0.25, 0.3) is 0 Å². The second-order valence-corrected chi connectivity index (χ2v) is 16.2. The van der Waals surface area contributed by atoms with Crippen LogP contribution < -0.4 is 0 Å². The normalized spacial score (nSPS) is 11.9. The molecule has 9 aromatic rings. The van der Waals surface area contributed by atoms with Gasteiger partial charge in [0.15, 0.2) is 0 Å². The maximum atomic E-state index is 2.40. The quantitative estimate of drug-likeness (QED) is 0.0957. The van der Waals surface area contributed by atoms with E-state index >= 15 is 0 Å². The van der Waals surface area contributed by atoms with Crippen LogP contribution in [0.5, 0.6) is 0 Å². The van der Waals surface area contributed by atoms with E-state index in [1.54, 1.807) is 0 Å². The molecule has 9 aromatic carbocycles. The van der Waals surface area contributed by atoms with Gasteiger partial charge in [-0.15, -0.1) is 0 Å². The molecule has 0 aromatic heterocycles. The Hall–Kier alpha value is -8.58. The summed E-state index contributed by atoms with van der Waals surface area (Å²) in [5, 5.41) is 0. The van der Waals surface area contributed by atoms with Gasteiger partial charge in [0.2, 0.25) is 0 Å². The summed E-state index contributed by atoms with van der Waals surface area (Å²) in [6.45, 7) is 0. The summed E-state index contributed by atoms with van der Waals surface area (Å²) in [6.07, 6.45) is 26.8. The van der Waals surface area contributed by atoms with Crippen molar-refractivity contribution < 1.29 is 0 Å². The van der Waals surface area contributed by atoms with Crippen LogP contribution in [0.15, 0.2) is 231 Å². The molecule has 0 amide bonds. The molecule has 66 heavy (non-hydrogen) atoms. The first-order chi connectivity index (χ1) is 32.7. The van der Waals surface area contributed by atoms with Gasteiger partial charge in [0, 0.05) is 0 Å². The Kier molecular flexibility index (Phi) is 14.0. The topological polar surface area (TPSA) is 0 Å². The zero-order chi connectivity index (χ0) is 44.6. The summed E-state index contributed by atoms with van der Waals surface area (Å²) in [5.41, 5.74) is 18.2. The van der Waals surface area contributed by atoms with Crippen LogP contribution in [0.2, 0.25) is 0 Å². The van der Waals surface area contributed by atoms with E-state index < -0.39 is 0 Å². The molecular weight excluding hydrogens is 793 g/mol. The summed E-state index contributed by atoms with van der Waals surface area (Å²) in [4.78, 5) is 0. The van der Waals surface area contributed by atoms with Crippen molar-refractivity contribution in [1.82, 2.24) is 0 Å². The third-order valence-electron chi connectivity index (χ3n) is 11.5. The molecular formula is C66H50. The molecule has 0 aliphatic carbocycles. The molecule has 0 saturated carbocycles. The molecule has 0 nitrogen and oxygen atoms in total. The Bertz CT molecular complexity index is 2950. The van der Waals surface area contributed by atoms with Gasteiger partial charge >= 0.3 is 0 Å². The van der Waals surface area contributed by atoms with E-state index in [1.165, 1.54) is 0 Å². The highest BCUT2D eigenvalue weighted by atomic mass is 14.2. The van der Waals surface area contributed by atoms with Crippen LogP contribution >= 0.6 is 0 Å². The van der Waals surface area contributed by atoms with Gasteiger partial charge in [0.1, 0.15) is 0 Å². The third-order valence-corrected chi connectivity index (χ3v) is 11.5. The van der Waals surface area contributed by atoms with Crippen molar-refractivity contribution in [3.63, 3.8) is 0 Å². The molecule has 314 valence electrons. The van der Waals surface area contributed by atoms with Crippen LogP contribution in [0.4, 0.5) is 0 Å². The third kappa shape index (κ3) is 11.5. The lowest BCUT2D eigenvalue weighted by atomic mass is 9.85. The fourth-order valence-corrected chi connectivity index (χ4v) is 8.00. The first kappa shape index (κ1) is 42.7. The minimum absolute atomic E-state index is 1.12. The van der Waals surface area contributed by atoms with E-state index in [9.17, 15) is 0 Å². The Balaban J connectivity index is 1.29. The highest BCUT2D eigenvalue weighted by Crippen LogP contribution is 2.39. The van der Waals surface area contributed by atoms with Gasteiger partial charge in [-0.05, 0) is 113 Å². The van der Waals surface area contributed by atoms with Gasteiger partial charge in [-0.3, -0.25) is 0 Å². The highest BCUT2D eigenvalue weighted by Gasteiger charge is 2.16. The molecule has 0 bridgehead atoms. The largest absolute Gasteiger partial charge is 0.0622 e. The fourth-order valence-electron chi connectivity index (χ4n) is 8.00. The standard InChI is InChI=1S/C66H50/c1-7-19-51(20-8-1)31-33-57-39-43-59(41-35-53-23-11-3-12-24-53)63(47-57)65-49-62(46-38-56-29-17-6-18-30-56)66(50-61(65)45-37-55-27-15-5-16-28-55)64-48-58(34-32-52-21-9-2-10-22-52)40-44-60(64)42-36-54-25-13-4-14-26-54/h1-50H/b33-31+,34-32+,41-35+,42-36+,45-37+,46-38+. The predicted molar refractivity (Wildman–Crippen MR) is 290 cm³/mol. The van der Waals surface area contributed by atoms with Crippen molar-refractivity contribution in [3.05, 3.63) is 297 Å². The van der Waals surface area contributed by atoms with E-state index in [2.05, 4.69) is 303 Å². The Labute approximate surface area is 390 Å². The van der Waals surface area contributed by atoms with Crippen LogP contribution in [-0.2, 0) is 0 Å². The van der Waals surface area contributed by atoms with E-state index in [0.29, 0.717) is 0 Å². The van der Waals surface area contributed by atoms with Crippen LogP contribution in [0.3, 0.4) is 0 Å². The zero-order valence-electron chi connectivity index (χ0n) is 36.9. The molecule has 0 atom stereocenters. The second-order valence-electron chi connectivity index (χ2n) is 16.2. The van der Waals surface area contributed by atoms with E-state index in [4.69, 9.17) is 0 Å². The molecule has 0 heterocycles. The minimum atomic E-state index is 1.12. The van der Waals surface area contributed by atoms with Crippen LogP contribution in [-0.4, -0.2) is 0 Å². The molecule has 0 radical (unpaired) electrons. The van der Waals surface area contributed by atoms with Gasteiger partial charge in [-0.2, -0.15) is 0 Å². The number of benzene rings is 9. The van der Waals surface area contributed by atoms with Crippen LogP contribution in [0, 0.1) is 0 Å². The molecule has 0 unspecified atom stereocenters. The van der Waals surface area contributed by atoms with Crippen LogP contribution in [0.25, 0.3) is 95.2 Å². The van der Waals surface area contributed by atoms with Gasteiger partial charge in [0.05, 0.1) is 0 Å². The number of rotatable bonds is 14. The lowest BCUT2D eigenvalue weighted by molar-refractivity contribution is 1.51. The molecule has 0 heteroatoms. The molecule has 0 saturated heterocycles. The first-order valence-corrected chi connectivity index (χ1v) is 22.6. The molecule has 0 fully saturated rings. The van der Waals surface area contributed by atoms with E-state index in [0.717, 1.165) is 89.0 Å². The maximum Gasteiger partial charge on any atom is -0.00988 e. The minimum Gasteiger partial charge on any atom is -0.0622 e. The average molecular weight is 843 g/mol. The lowest BCUT2D eigenvalue weighted by Crippen LogP contribution is -1.95. The van der Waals surface area contributed by atoms with Gasteiger partial charge in [-0.25, -0.2) is 0 Å². The highest BCUT2D eigenvalue weighted by molar-refractivity contribution is 5.96. The summed E-state index contributed by atoms with van der Waals surface area (Å²) in [7, 11) is 0. The SMILES string of the molecule is C(=C\c1ccc(/C=C/c2ccccc2)c(-c2cc(/C=C/c3ccccc3)c(-c3cc(/C=C/c4ccccc4)ccc3/C=C/c3ccccc3)cc2/C=C/c2ccccc2)c1)/c1ccccc1. The van der Waals surface area contributed by atoms with Crippen molar-refractivity contribution in [1.29, 1.82) is 0 Å². The summed E-state index contributed by atoms with van der Waals surface area (Å²) < 4.78 is 0. The summed E-state index contributed by atoms with van der Waals surface area (Å²) in [6, 6.07) is 81.6. The van der Waals surface area contributed by atoms with Crippen molar-refractivity contribution in [2.45, 2.75) is 0 Å². The number of hydrogen-bond acceptors (Lipinski definition) is 0. The molecule has 0 spiro atoms. The first-order valence-electron chi connectivity index (χ1n) is 22.6. The molecule has 0 N–H and O–H groups in total. The van der Waals surface area contributed by atoms with Crippen molar-refractivity contribution in [2.24, 2.45) is 0 Å². The smallest absolute Gasteiger partial charge is 0.00988 e. The molecule has 0 aliphatic rings. The molecule has 0 aliphatic heterocycles. The van der Waals surface area contributed by atoms with Crippen LogP contribution in [0.1, 0.15) is 66.8 Å². The monoisotopic (exact) mass is 842 g/mol. The molecule has 9 rings (SSSR count). The van der Waals surface area contributed by atoms with Gasteiger partial charge in [-0.1, -0.05) is 279 Å². The van der Waals surface area contributed by atoms with E-state index in [1.807, 2.05) is 0 Å². The fraction of sp³-hybridized carbons (Fsp3) is 0. The van der Waals surface area contributed by atoms with Gasteiger partial charge < -0.3 is 0 Å². The summed E-state index contributed by atoms with van der Waals surface area (Å²) >= 11 is 0. The summed E-state index contributed by atoms with van der Waals surface area (Å²) in [5.74, 6) is 0. The Morgan fingerprint density at radius 2 is 0.364 bits per heavy atom. The maximum absolute atomic E-state index is 2.40. The average Bonchev–Trinajstić information content (AvgIpc) is 3.39. The Morgan fingerprint density at radius 3 is 0.636 bits per heavy atom. The van der Waals surface area contributed by atoms with Crippen molar-refractivity contribution >= 4 is 72.9 Å². The van der Waals surface area contributed by atoms with E-state index in [-0.39, 0.29) is 0 Å². The number of hydrogen-bond donors (Lipinski definition) is 0.